The van der Waals surface area contributed by atoms with Gasteiger partial charge in [0.25, 0.3) is 0 Å². The maximum Gasteiger partial charge on any atom is 0.193 e. The summed E-state index contributed by atoms with van der Waals surface area (Å²) >= 11 is 0. The summed E-state index contributed by atoms with van der Waals surface area (Å²) < 4.78 is 0. The van der Waals surface area contributed by atoms with Gasteiger partial charge in [-0.2, -0.15) is 0 Å². The second-order valence-corrected chi connectivity index (χ2v) is 12.3. The van der Waals surface area contributed by atoms with Gasteiger partial charge in [-0.05, 0) is 65.3 Å². The Bertz CT molecular complexity index is 2440. The Kier molecular flexibility index (Phi) is 6.48. The third-order valence-electron chi connectivity index (χ3n) is 9.65. The van der Waals surface area contributed by atoms with Crippen LogP contribution in [0.2, 0.25) is 0 Å². The summed E-state index contributed by atoms with van der Waals surface area (Å²) in [7, 11) is 0. The Morgan fingerprint density at radius 1 is 0.271 bits per heavy atom. The molecule has 0 saturated carbocycles. The van der Waals surface area contributed by atoms with Crippen molar-refractivity contribution in [2.45, 2.75) is 0 Å². The summed E-state index contributed by atoms with van der Waals surface area (Å²) in [6.45, 7) is 0. The van der Waals surface area contributed by atoms with E-state index in [4.69, 9.17) is 0 Å². The van der Waals surface area contributed by atoms with E-state index in [1.54, 1.807) is 0 Å². The summed E-state index contributed by atoms with van der Waals surface area (Å²) in [6.07, 6.45) is 0. The average Bonchev–Trinajstić information content (AvgIpc) is 3.17. The van der Waals surface area contributed by atoms with Crippen LogP contribution in [0.25, 0.3) is 65.3 Å². The lowest BCUT2D eigenvalue weighted by Crippen LogP contribution is -2.00. The number of benzene rings is 9. The lowest BCUT2D eigenvalue weighted by atomic mass is 9.85. The van der Waals surface area contributed by atoms with E-state index < -0.39 is 0 Å². The summed E-state index contributed by atoms with van der Waals surface area (Å²) in [5.74, 6) is 0.0551. The predicted octanol–water partition coefficient (Wildman–Crippen LogP) is 11.5. The molecule has 224 valence electrons. The third-order valence-corrected chi connectivity index (χ3v) is 9.65. The van der Waals surface area contributed by atoms with Gasteiger partial charge in [-0.3, -0.25) is 9.59 Å². The summed E-state index contributed by atoms with van der Waals surface area (Å²) in [4.78, 5) is 26.1. The van der Waals surface area contributed by atoms with Crippen LogP contribution in [0.15, 0.2) is 170 Å². The van der Waals surface area contributed by atoms with Gasteiger partial charge in [0.15, 0.2) is 11.6 Å². The van der Waals surface area contributed by atoms with E-state index in [1.165, 1.54) is 43.1 Å². The molecule has 0 heterocycles. The minimum absolute atomic E-state index is 0.0275. The fourth-order valence-corrected chi connectivity index (χ4v) is 7.33. The van der Waals surface area contributed by atoms with Gasteiger partial charge in [0, 0.05) is 22.3 Å². The third kappa shape index (κ3) is 4.42. The lowest BCUT2D eigenvalue weighted by molar-refractivity contribution is 0.103. The van der Waals surface area contributed by atoms with E-state index in [0.717, 1.165) is 22.3 Å². The Labute approximate surface area is 277 Å². The molecule has 0 unspecified atom stereocenters. The van der Waals surface area contributed by atoms with E-state index >= 15 is 0 Å². The first kappa shape index (κ1) is 27.9. The van der Waals surface area contributed by atoms with E-state index in [2.05, 4.69) is 84.9 Å². The molecule has 9 rings (SSSR count). The Balaban J connectivity index is 1.15. The number of hydrogen-bond acceptors (Lipinski definition) is 2. The zero-order valence-corrected chi connectivity index (χ0v) is 26.0. The highest BCUT2D eigenvalue weighted by molar-refractivity contribution is 6.35. The average molecular weight is 613 g/mol. The normalized spacial score (nSPS) is 11.5. The van der Waals surface area contributed by atoms with Crippen molar-refractivity contribution in [2.24, 2.45) is 0 Å². The number of hydrogen-bond donors (Lipinski definition) is 0. The van der Waals surface area contributed by atoms with Crippen LogP contribution < -0.4 is 0 Å². The molecule has 0 atom stereocenters. The van der Waals surface area contributed by atoms with E-state index in [-0.39, 0.29) is 11.6 Å². The molecule has 0 aliphatic carbocycles. The van der Waals surface area contributed by atoms with Crippen LogP contribution in [0.1, 0.15) is 31.8 Å². The zero-order valence-electron chi connectivity index (χ0n) is 26.0. The highest BCUT2D eigenvalue weighted by atomic mass is 16.1. The monoisotopic (exact) mass is 612 g/mol. The van der Waals surface area contributed by atoms with Crippen molar-refractivity contribution < 1.29 is 9.59 Å². The maximum absolute atomic E-state index is 13.0. The number of rotatable bonds is 6. The fourth-order valence-electron chi connectivity index (χ4n) is 7.33. The van der Waals surface area contributed by atoms with Gasteiger partial charge in [-0.25, -0.2) is 0 Å². The largest absolute Gasteiger partial charge is 0.289 e. The highest BCUT2D eigenvalue weighted by Gasteiger charge is 2.18. The van der Waals surface area contributed by atoms with E-state index in [0.29, 0.717) is 22.3 Å². The second-order valence-electron chi connectivity index (χ2n) is 12.3. The smallest absolute Gasteiger partial charge is 0.193 e. The number of ketones is 2. The zero-order chi connectivity index (χ0) is 32.2. The first-order chi connectivity index (χ1) is 23.7. The van der Waals surface area contributed by atoms with Gasteiger partial charge >= 0.3 is 0 Å². The van der Waals surface area contributed by atoms with Gasteiger partial charge < -0.3 is 0 Å². The van der Waals surface area contributed by atoms with Crippen LogP contribution in [-0.2, 0) is 0 Å². The SMILES string of the molecule is O=C(c1ccccc1)c1ccc(-c2ccc3c4cccc5c(-c6ccc(C(=O)c7ccccc7)cc6)ccc(c6cccc2c63)c54)cc1. The Morgan fingerprint density at radius 3 is 1.00 bits per heavy atom. The molecule has 0 N–H and O–H groups in total. The van der Waals surface area contributed by atoms with Crippen molar-refractivity contribution in [3.63, 3.8) is 0 Å². The van der Waals surface area contributed by atoms with Crippen molar-refractivity contribution in [1.82, 2.24) is 0 Å². The topological polar surface area (TPSA) is 34.1 Å². The van der Waals surface area contributed by atoms with Crippen molar-refractivity contribution in [2.75, 3.05) is 0 Å². The van der Waals surface area contributed by atoms with Crippen LogP contribution in [-0.4, -0.2) is 11.6 Å². The predicted molar refractivity (Wildman–Crippen MR) is 198 cm³/mol. The van der Waals surface area contributed by atoms with E-state index in [1.807, 2.05) is 84.9 Å². The molecule has 2 nitrogen and oxygen atoms in total. The van der Waals surface area contributed by atoms with E-state index in [9.17, 15) is 9.59 Å². The van der Waals surface area contributed by atoms with Crippen LogP contribution >= 0.6 is 0 Å². The quantitative estimate of drug-likeness (QED) is 0.106. The van der Waals surface area contributed by atoms with Crippen LogP contribution in [0, 0.1) is 0 Å². The Morgan fingerprint density at radius 2 is 0.604 bits per heavy atom. The molecule has 0 radical (unpaired) electrons. The molecule has 0 bridgehead atoms. The first-order valence-corrected chi connectivity index (χ1v) is 16.2. The van der Waals surface area contributed by atoms with Crippen LogP contribution in [0.3, 0.4) is 0 Å². The van der Waals surface area contributed by atoms with Crippen LogP contribution in [0.4, 0.5) is 0 Å². The van der Waals surface area contributed by atoms with Crippen molar-refractivity contribution in [3.8, 4) is 22.3 Å². The van der Waals surface area contributed by atoms with Crippen molar-refractivity contribution in [3.05, 3.63) is 192 Å². The Hall–Kier alpha value is -6.38. The standard InChI is InChI=1S/C46H28O2/c47-45(31-9-3-1-4-10-31)33-21-17-29(18-22-33)35-25-27-41-40-16-8-14-38-36(26-28-42(44(38)40)39-15-7-13-37(35)43(39)41)30-19-23-34(24-20-30)46(48)32-11-5-2-6-12-32/h1-28H. The molecule has 2 heteroatoms. The molecule has 48 heavy (non-hydrogen) atoms. The number of carbonyl (C=O) groups excluding carboxylic acids is 2. The highest BCUT2D eigenvalue weighted by Crippen LogP contribution is 2.45. The van der Waals surface area contributed by atoms with Gasteiger partial charge in [-0.1, -0.05) is 170 Å². The van der Waals surface area contributed by atoms with Gasteiger partial charge in [-0.15, -0.1) is 0 Å². The molecule has 0 saturated heterocycles. The molecule has 0 spiro atoms. The summed E-state index contributed by atoms with van der Waals surface area (Å²) in [5, 5.41) is 9.76. The van der Waals surface area contributed by atoms with Crippen LogP contribution in [0.5, 0.6) is 0 Å². The molecule has 9 aromatic rings. The molecule has 0 aromatic heterocycles. The molecular formula is C46H28O2. The van der Waals surface area contributed by atoms with Gasteiger partial charge in [0.2, 0.25) is 0 Å². The second kappa shape index (κ2) is 11.2. The minimum Gasteiger partial charge on any atom is -0.289 e. The molecule has 9 aromatic carbocycles. The molecule has 0 aliphatic rings. The first-order valence-electron chi connectivity index (χ1n) is 16.2. The molecular weight excluding hydrogens is 585 g/mol. The van der Waals surface area contributed by atoms with Crippen molar-refractivity contribution >= 4 is 54.7 Å². The minimum atomic E-state index is 0.0275. The summed E-state index contributed by atoms with van der Waals surface area (Å²) in [6, 6.07) is 56.9. The molecule has 0 aliphatic heterocycles. The fraction of sp³-hybridized carbons (Fsp3) is 0. The molecule has 0 amide bonds. The lowest BCUT2D eigenvalue weighted by Gasteiger charge is -2.18. The van der Waals surface area contributed by atoms with Gasteiger partial charge in [0.1, 0.15) is 0 Å². The molecule has 0 fully saturated rings. The van der Waals surface area contributed by atoms with Crippen molar-refractivity contribution in [1.29, 1.82) is 0 Å². The number of carbonyl (C=O) groups is 2. The maximum atomic E-state index is 13.0. The number of fused-ring (bicyclic) bond motifs is 2. The van der Waals surface area contributed by atoms with Gasteiger partial charge in [0.05, 0.1) is 0 Å². The summed E-state index contributed by atoms with van der Waals surface area (Å²) in [5.41, 5.74) is 7.20.